The van der Waals surface area contributed by atoms with Gasteiger partial charge in [0.1, 0.15) is 5.82 Å². The fourth-order valence-corrected chi connectivity index (χ4v) is 3.92. The third-order valence-corrected chi connectivity index (χ3v) is 5.48. The van der Waals surface area contributed by atoms with Gasteiger partial charge in [-0.3, -0.25) is 9.59 Å². The number of amides is 2. The summed E-state index contributed by atoms with van der Waals surface area (Å²) in [6.07, 6.45) is 1.49. The van der Waals surface area contributed by atoms with Crippen molar-refractivity contribution in [3.05, 3.63) is 93.8 Å². The first-order chi connectivity index (χ1) is 14.4. The van der Waals surface area contributed by atoms with Gasteiger partial charge in [0.2, 0.25) is 0 Å². The molecule has 0 unspecified atom stereocenters. The van der Waals surface area contributed by atoms with E-state index in [4.69, 9.17) is 11.6 Å². The van der Waals surface area contributed by atoms with Gasteiger partial charge in [0.05, 0.1) is 5.56 Å². The number of fused-ring (bicyclic) bond motifs is 1. The van der Waals surface area contributed by atoms with Crippen molar-refractivity contribution in [2.24, 2.45) is 0 Å². The molecular formula is C24H20ClFN2O2. The Hall–Kier alpha value is -3.18. The van der Waals surface area contributed by atoms with Crippen LogP contribution in [0.5, 0.6) is 0 Å². The average molecular weight is 423 g/mol. The van der Waals surface area contributed by atoms with E-state index in [2.05, 4.69) is 5.32 Å². The van der Waals surface area contributed by atoms with Crippen LogP contribution in [0.4, 0.5) is 15.8 Å². The largest absolute Gasteiger partial charge is 0.322 e. The predicted molar refractivity (Wildman–Crippen MR) is 117 cm³/mol. The van der Waals surface area contributed by atoms with Gasteiger partial charge in [-0.15, -0.1) is 0 Å². The van der Waals surface area contributed by atoms with Crippen molar-refractivity contribution in [3.63, 3.8) is 0 Å². The number of aryl methyl sites for hydroxylation is 2. The van der Waals surface area contributed by atoms with Crippen LogP contribution in [-0.2, 0) is 6.42 Å². The molecule has 4 rings (SSSR count). The van der Waals surface area contributed by atoms with Gasteiger partial charge in [0.25, 0.3) is 11.8 Å². The number of halogens is 2. The molecule has 4 nitrogen and oxygen atoms in total. The summed E-state index contributed by atoms with van der Waals surface area (Å²) in [5.74, 6) is -1.15. The first-order valence-electron chi connectivity index (χ1n) is 9.71. The van der Waals surface area contributed by atoms with Gasteiger partial charge in [-0.2, -0.15) is 0 Å². The number of benzene rings is 3. The molecule has 1 aliphatic rings. The maximum Gasteiger partial charge on any atom is 0.261 e. The fourth-order valence-electron chi connectivity index (χ4n) is 3.69. The van der Waals surface area contributed by atoms with Crippen molar-refractivity contribution in [2.75, 3.05) is 16.8 Å². The highest BCUT2D eigenvalue weighted by Crippen LogP contribution is 2.30. The number of rotatable bonds is 3. The smallest absolute Gasteiger partial charge is 0.261 e. The summed E-state index contributed by atoms with van der Waals surface area (Å²) >= 11 is 5.97. The molecule has 0 aliphatic carbocycles. The summed E-state index contributed by atoms with van der Waals surface area (Å²) in [4.78, 5) is 27.2. The van der Waals surface area contributed by atoms with Gasteiger partial charge in [0.15, 0.2) is 0 Å². The maximum absolute atomic E-state index is 14.1. The van der Waals surface area contributed by atoms with Gasteiger partial charge in [-0.1, -0.05) is 23.7 Å². The molecule has 0 atom stereocenters. The number of anilines is 2. The molecule has 3 aromatic rings. The van der Waals surface area contributed by atoms with Crippen LogP contribution < -0.4 is 10.2 Å². The van der Waals surface area contributed by atoms with Crippen molar-refractivity contribution >= 4 is 34.8 Å². The number of nitrogens with zero attached hydrogens (tertiary/aromatic N) is 1. The molecule has 3 aromatic carbocycles. The molecule has 30 heavy (non-hydrogen) atoms. The number of hydrogen-bond donors (Lipinski definition) is 1. The Labute approximate surface area is 179 Å². The minimum absolute atomic E-state index is 0.0467. The van der Waals surface area contributed by atoms with Gasteiger partial charge < -0.3 is 10.2 Å². The minimum Gasteiger partial charge on any atom is -0.322 e. The van der Waals surface area contributed by atoms with Crippen molar-refractivity contribution in [1.29, 1.82) is 0 Å². The molecule has 152 valence electrons. The molecule has 0 saturated carbocycles. The van der Waals surface area contributed by atoms with Crippen molar-refractivity contribution in [2.45, 2.75) is 19.8 Å². The zero-order valence-electron chi connectivity index (χ0n) is 16.4. The molecule has 1 aliphatic heterocycles. The highest BCUT2D eigenvalue weighted by molar-refractivity contribution is 6.30. The highest BCUT2D eigenvalue weighted by atomic mass is 35.5. The van der Waals surface area contributed by atoms with Gasteiger partial charge in [-0.25, -0.2) is 4.39 Å². The van der Waals surface area contributed by atoms with Crippen LogP contribution in [0.3, 0.4) is 0 Å². The third kappa shape index (κ3) is 3.94. The Morgan fingerprint density at radius 2 is 1.87 bits per heavy atom. The SMILES string of the molecule is Cc1cc(Cl)ccc1NC(=O)c1ccc2c(c1)CCCN2C(=O)c1ccccc1F. The van der Waals surface area contributed by atoms with E-state index in [0.717, 1.165) is 24.0 Å². The molecule has 0 spiro atoms. The first-order valence-corrected chi connectivity index (χ1v) is 10.1. The molecule has 0 bridgehead atoms. The van der Waals surface area contributed by atoms with Gasteiger partial charge in [-0.05, 0) is 79.4 Å². The van der Waals surface area contributed by atoms with E-state index in [1.165, 1.54) is 12.1 Å². The zero-order valence-corrected chi connectivity index (χ0v) is 17.2. The minimum atomic E-state index is -0.538. The zero-order chi connectivity index (χ0) is 21.3. The average Bonchev–Trinajstić information content (AvgIpc) is 2.74. The van der Waals surface area contributed by atoms with Crippen molar-refractivity contribution in [1.82, 2.24) is 0 Å². The third-order valence-electron chi connectivity index (χ3n) is 5.25. The van der Waals surface area contributed by atoms with E-state index in [-0.39, 0.29) is 17.4 Å². The van der Waals surface area contributed by atoms with E-state index >= 15 is 0 Å². The lowest BCUT2D eigenvalue weighted by atomic mass is 9.98. The molecular weight excluding hydrogens is 403 g/mol. The van der Waals surface area contributed by atoms with Crippen molar-refractivity contribution < 1.29 is 14.0 Å². The molecule has 2 amide bonds. The Morgan fingerprint density at radius 3 is 2.63 bits per heavy atom. The van der Waals surface area contributed by atoms with E-state index < -0.39 is 5.82 Å². The summed E-state index contributed by atoms with van der Waals surface area (Å²) in [5, 5.41) is 3.51. The van der Waals surface area contributed by atoms with E-state index in [1.807, 2.05) is 6.92 Å². The molecule has 0 radical (unpaired) electrons. The van der Waals surface area contributed by atoms with Crippen LogP contribution in [0.25, 0.3) is 0 Å². The fraction of sp³-hybridized carbons (Fsp3) is 0.167. The van der Waals surface area contributed by atoms with Crippen LogP contribution in [0.15, 0.2) is 60.7 Å². The van der Waals surface area contributed by atoms with Crippen LogP contribution in [-0.4, -0.2) is 18.4 Å². The first kappa shape index (κ1) is 20.1. The topological polar surface area (TPSA) is 49.4 Å². The van der Waals surface area contributed by atoms with Gasteiger partial charge in [0, 0.05) is 28.5 Å². The summed E-state index contributed by atoms with van der Waals surface area (Å²) in [6, 6.07) is 16.5. The van der Waals surface area contributed by atoms with Crippen LogP contribution in [0.2, 0.25) is 5.02 Å². The number of nitrogens with one attached hydrogen (secondary N) is 1. The summed E-state index contributed by atoms with van der Waals surface area (Å²) in [5.41, 5.74) is 3.72. The van der Waals surface area contributed by atoms with E-state index in [9.17, 15) is 14.0 Å². The van der Waals surface area contributed by atoms with Crippen molar-refractivity contribution in [3.8, 4) is 0 Å². The molecule has 1 N–H and O–H groups in total. The Balaban J connectivity index is 1.59. The number of carbonyl (C=O) groups is 2. The standard InChI is InChI=1S/C24H20ClFN2O2/c1-15-13-18(25)9-10-21(15)27-23(29)17-8-11-22-16(14-17)5-4-12-28(22)24(30)19-6-2-3-7-20(19)26/h2-3,6-11,13-14H,4-5,12H2,1H3,(H,27,29). The second-order valence-electron chi connectivity index (χ2n) is 7.30. The normalized spacial score (nSPS) is 13.0. The molecule has 6 heteroatoms. The quantitative estimate of drug-likeness (QED) is 0.594. The highest BCUT2D eigenvalue weighted by Gasteiger charge is 2.26. The molecule has 0 saturated heterocycles. The second kappa shape index (κ2) is 8.28. The molecule has 0 aromatic heterocycles. The Bertz CT molecular complexity index is 1150. The Morgan fingerprint density at radius 1 is 1.07 bits per heavy atom. The summed E-state index contributed by atoms with van der Waals surface area (Å²) < 4.78 is 14.1. The Kier molecular flexibility index (Phi) is 5.55. The number of hydrogen-bond acceptors (Lipinski definition) is 2. The molecule has 0 fully saturated rings. The molecule has 1 heterocycles. The number of carbonyl (C=O) groups excluding carboxylic acids is 2. The second-order valence-corrected chi connectivity index (χ2v) is 7.73. The lowest BCUT2D eigenvalue weighted by Gasteiger charge is -2.30. The van der Waals surface area contributed by atoms with E-state index in [1.54, 1.807) is 53.4 Å². The predicted octanol–water partition coefficient (Wildman–Crippen LogP) is 5.63. The lowest BCUT2D eigenvalue weighted by Crippen LogP contribution is -2.36. The van der Waals surface area contributed by atoms with Gasteiger partial charge >= 0.3 is 0 Å². The maximum atomic E-state index is 14.1. The van der Waals surface area contributed by atoms with Crippen LogP contribution in [0.1, 0.15) is 38.3 Å². The summed E-state index contributed by atoms with van der Waals surface area (Å²) in [6.45, 7) is 2.39. The van der Waals surface area contributed by atoms with E-state index in [0.29, 0.717) is 28.5 Å². The van der Waals surface area contributed by atoms with Crippen LogP contribution in [0, 0.1) is 12.7 Å². The summed E-state index contributed by atoms with van der Waals surface area (Å²) in [7, 11) is 0. The monoisotopic (exact) mass is 422 g/mol. The van der Waals surface area contributed by atoms with Crippen LogP contribution >= 0.6 is 11.6 Å². The lowest BCUT2D eigenvalue weighted by molar-refractivity contribution is 0.0980.